The second-order valence-corrected chi connectivity index (χ2v) is 4.42. The average Bonchev–Trinajstić information content (AvgIpc) is 2.34. The Hall–Kier alpha value is -2.00. The third kappa shape index (κ3) is 2.63. The lowest BCUT2D eigenvalue weighted by Gasteiger charge is -2.08. The van der Waals surface area contributed by atoms with Gasteiger partial charge in [-0.1, -0.05) is 35.9 Å². The lowest BCUT2D eigenvalue weighted by Crippen LogP contribution is -2.05. The van der Waals surface area contributed by atoms with Crippen LogP contribution in [0.5, 0.6) is 0 Å². The molecule has 0 saturated heterocycles. The van der Waals surface area contributed by atoms with Gasteiger partial charge in [-0.2, -0.15) is 0 Å². The SMILES string of the molecule is Nc1c(Cc2ccc(Cl)cc2)cccc1C(=O)O. The number of aromatic carboxylic acids is 1. The third-order valence-electron chi connectivity index (χ3n) is 2.73. The van der Waals surface area contributed by atoms with Crippen LogP contribution >= 0.6 is 11.6 Å². The van der Waals surface area contributed by atoms with Crippen LogP contribution in [-0.4, -0.2) is 11.1 Å². The fourth-order valence-corrected chi connectivity index (χ4v) is 1.90. The molecule has 4 heteroatoms. The van der Waals surface area contributed by atoms with Gasteiger partial charge in [0.05, 0.1) is 5.56 Å². The zero-order chi connectivity index (χ0) is 13.1. The number of benzene rings is 2. The Kier molecular flexibility index (Phi) is 3.53. The Morgan fingerprint density at radius 2 is 1.83 bits per heavy atom. The maximum Gasteiger partial charge on any atom is 0.337 e. The molecule has 2 aromatic carbocycles. The van der Waals surface area contributed by atoms with Crippen LogP contribution in [-0.2, 0) is 6.42 Å². The molecule has 2 aromatic rings. The number of nitrogen functional groups attached to an aromatic ring is 1. The third-order valence-corrected chi connectivity index (χ3v) is 2.99. The van der Waals surface area contributed by atoms with E-state index in [0.29, 0.717) is 17.1 Å². The van der Waals surface area contributed by atoms with Gasteiger partial charge in [-0.25, -0.2) is 4.79 Å². The predicted molar refractivity (Wildman–Crippen MR) is 72.1 cm³/mol. The van der Waals surface area contributed by atoms with Gasteiger partial charge in [0.1, 0.15) is 0 Å². The van der Waals surface area contributed by atoms with Crippen LogP contribution in [0, 0.1) is 0 Å². The molecule has 0 atom stereocenters. The molecular formula is C14H12ClNO2. The van der Waals surface area contributed by atoms with E-state index >= 15 is 0 Å². The molecule has 0 aliphatic carbocycles. The van der Waals surface area contributed by atoms with Crippen LogP contribution in [0.15, 0.2) is 42.5 Å². The highest BCUT2D eigenvalue weighted by Crippen LogP contribution is 2.21. The first-order chi connectivity index (χ1) is 8.58. The molecule has 0 radical (unpaired) electrons. The molecule has 0 aliphatic rings. The molecule has 0 heterocycles. The molecule has 2 rings (SSSR count). The normalized spacial score (nSPS) is 10.3. The molecule has 0 aliphatic heterocycles. The lowest BCUT2D eigenvalue weighted by atomic mass is 10.0. The van der Waals surface area contributed by atoms with Crippen LogP contribution in [0.1, 0.15) is 21.5 Å². The zero-order valence-electron chi connectivity index (χ0n) is 9.56. The largest absolute Gasteiger partial charge is 0.478 e. The molecule has 3 N–H and O–H groups in total. The van der Waals surface area contributed by atoms with Crippen LogP contribution in [0.2, 0.25) is 5.02 Å². The Morgan fingerprint density at radius 3 is 2.44 bits per heavy atom. The van der Waals surface area contributed by atoms with Crippen molar-refractivity contribution in [1.29, 1.82) is 0 Å². The summed E-state index contributed by atoms with van der Waals surface area (Å²) in [6.07, 6.45) is 0.587. The number of halogens is 1. The number of carbonyl (C=O) groups is 1. The fourth-order valence-electron chi connectivity index (χ4n) is 1.78. The summed E-state index contributed by atoms with van der Waals surface area (Å²) in [4.78, 5) is 11.0. The molecule has 0 amide bonds. The minimum atomic E-state index is -1.01. The first-order valence-electron chi connectivity index (χ1n) is 5.43. The summed E-state index contributed by atoms with van der Waals surface area (Å²) < 4.78 is 0. The van der Waals surface area contributed by atoms with Gasteiger partial charge in [0, 0.05) is 10.7 Å². The summed E-state index contributed by atoms with van der Waals surface area (Å²) in [5.41, 5.74) is 8.15. The van der Waals surface area contributed by atoms with Gasteiger partial charge < -0.3 is 10.8 Å². The molecule has 92 valence electrons. The van der Waals surface area contributed by atoms with Crippen LogP contribution in [0.4, 0.5) is 5.69 Å². The number of carboxylic acids is 1. The molecule has 0 fully saturated rings. The zero-order valence-corrected chi connectivity index (χ0v) is 10.3. The van der Waals surface area contributed by atoms with E-state index < -0.39 is 5.97 Å². The summed E-state index contributed by atoms with van der Waals surface area (Å²) >= 11 is 5.81. The number of hydrogen-bond acceptors (Lipinski definition) is 2. The van der Waals surface area contributed by atoms with E-state index in [2.05, 4.69) is 0 Å². The highest BCUT2D eigenvalue weighted by atomic mass is 35.5. The summed E-state index contributed by atoms with van der Waals surface area (Å²) in [5, 5.41) is 9.67. The summed E-state index contributed by atoms with van der Waals surface area (Å²) in [7, 11) is 0. The van der Waals surface area contributed by atoms with Crippen molar-refractivity contribution >= 4 is 23.3 Å². The smallest absolute Gasteiger partial charge is 0.337 e. The van der Waals surface area contributed by atoms with E-state index in [1.165, 1.54) is 6.07 Å². The van der Waals surface area contributed by atoms with Crippen molar-refractivity contribution in [2.24, 2.45) is 0 Å². The second-order valence-electron chi connectivity index (χ2n) is 3.99. The van der Waals surface area contributed by atoms with Crippen molar-refractivity contribution in [1.82, 2.24) is 0 Å². The molecule has 18 heavy (non-hydrogen) atoms. The van der Waals surface area contributed by atoms with Gasteiger partial charge >= 0.3 is 5.97 Å². The van der Waals surface area contributed by atoms with Gasteiger partial charge in [0.2, 0.25) is 0 Å². The Balaban J connectivity index is 2.32. The van der Waals surface area contributed by atoms with Crippen LogP contribution in [0.25, 0.3) is 0 Å². The minimum absolute atomic E-state index is 0.140. The van der Waals surface area contributed by atoms with E-state index in [-0.39, 0.29) is 5.56 Å². The quantitative estimate of drug-likeness (QED) is 0.834. The van der Waals surface area contributed by atoms with Crippen molar-refractivity contribution in [2.45, 2.75) is 6.42 Å². The van der Waals surface area contributed by atoms with Crippen molar-refractivity contribution < 1.29 is 9.90 Å². The molecule has 0 spiro atoms. The Bertz CT molecular complexity index is 579. The van der Waals surface area contributed by atoms with Crippen molar-refractivity contribution in [3.8, 4) is 0 Å². The molecular weight excluding hydrogens is 250 g/mol. The van der Waals surface area contributed by atoms with E-state index in [0.717, 1.165) is 11.1 Å². The summed E-state index contributed by atoms with van der Waals surface area (Å²) in [6, 6.07) is 12.4. The monoisotopic (exact) mass is 261 g/mol. The van der Waals surface area contributed by atoms with Crippen molar-refractivity contribution in [2.75, 3.05) is 5.73 Å². The molecule has 3 nitrogen and oxygen atoms in total. The Morgan fingerprint density at radius 1 is 1.17 bits per heavy atom. The first-order valence-corrected chi connectivity index (χ1v) is 5.81. The van der Waals surface area contributed by atoms with E-state index in [4.69, 9.17) is 22.4 Å². The highest BCUT2D eigenvalue weighted by Gasteiger charge is 2.11. The van der Waals surface area contributed by atoms with E-state index in [1.54, 1.807) is 18.2 Å². The van der Waals surface area contributed by atoms with Gasteiger partial charge in [-0.3, -0.25) is 0 Å². The number of para-hydroxylation sites is 1. The van der Waals surface area contributed by atoms with Gasteiger partial charge in [-0.15, -0.1) is 0 Å². The minimum Gasteiger partial charge on any atom is -0.478 e. The first kappa shape index (κ1) is 12.5. The van der Waals surface area contributed by atoms with Gasteiger partial charge in [0.25, 0.3) is 0 Å². The van der Waals surface area contributed by atoms with E-state index in [1.807, 2.05) is 18.2 Å². The standard InChI is InChI=1S/C14H12ClNO2/c15-11-6-4-9(5-7-11)8-10-2-1-3-12(13(10)16)14(17)18/h1-7H,8,16H2,(H,17,18). The number of rotatable bonds is 3. The topological polar surface area (TPSA) is 63.3 Å². The van der Waals surface area contributed by atoms with E-state index in [9.17, 15) is 4.79 Å². The number of hydrogen-bond donors (Lipinski definition) is 2. The Labute approximate surface area is 110 Å². The average molecular weight is 262 g/mol. The summed E-state index contributed by atoms with van der Waals surface area (Å²) in [5.74, 6) is -1.01. The fraction of sp³-hybridized carbons (Fsp3) is 0.0714. The lowest BCUT2D eigenvalue weighted by molar-refractivity contribution is 0.0698. The molecule has 0 aromatic heterocycles. The number of carboxylic acid groups (broad SMARTS) is 1. The highest BCUT2D eigenvalue weighted by molar-refractivity contribution is 6.30. The maximum atomic E-state index is 11.0. The predicted octanol–water partition coefficient (Wildman–Crippen LogP) is 3.21. The summed E-state index contributed by atoms with van der Waals surface area (Å²) in [6.45, 7) is 0. The molecule has 0 bridgehead atoms. The van der Waals surface area contributed by atoms with Gasteiger partial charge in [-0.05, 0) is 35.7 Å². The second kappa shape index (κ2) is 5.10. The molecule has 0 unspecified atom stereocenters. The number of nitrogens with two attached hydrogens (primary N) is 1. The van der Waals surface area contributed by atoms with Gasteiger partial charge in [0.15, 0.2) is 0 Å². The molecule has 0 saturated carbocycles. The van der Waals surface area contributed by atoms with Crippen LogP contribution < -0.4 is 5.73 Å². The maximum absolute atomic E-state index is 11.0. The number of anilines is 1. The van der Waals surface area contributed by atoms with Crippen molar-refractivity contribution in [3.05, 3.63) is 64.2 Å². The van der Waals surface area contributed by atoms with Crippen molar-refractivity contribution in [3.63, 3.8) is 0 Å². The van der Waals surface area contributed by atoms with Crippen LogP contribution in [0.3, 0.4) is 0 Å².